The van der Waals surface area contributed by atoms with Gasteiger partial charge in [-0.15, -0.1) is 0 Å². The number of anilines is 1. The lowest BCUT2D eigenvalue weighted by Gasteiger charge is -2.28. The number of phenols is 1. The maximum absolute atomic E-state index is 14.1. The number of ether oxygens (including phenoxy) is 2. The smallest absolute Gasteiger partial charge is 0.408 e. The zero-order valence-electron chi connectivity index (χ0n) is 27.2. The summed E-state index contributed by atoms with van der Waals surface area (Å²) in [4.78, 5) is 53.8. The van der Waals surface area contributed by atoms with Crippen molar-refractivity contribution in [2.45, 2.75) is 91.3 Å². The molecular formula is C35H47N3O7. The quantitative estimate of drug-likeness (QED) is 0.151. The highest BCUT2D eigenvalue weighted by atomic mass is 16.6. The van der Waals surface area contributed by atoms with Gasteiger partial charge < -0.3 is 30.1 Å². The van der Waals surface area contributed by atoms with Crippen LogP contribution < -0.4 is 15.4 Å². The minimum absolute atomic E-state index is 0.0915. The third-order valence-electron chi connectivity index (χ3n) is 7.21. The highest BCUT2D eigenvalue weighted by molar-refractivity contribution is 5.99. The molecule has 0 spiro atoms. The first-order valence-electron chi connectivity index (χ1n) is 15.6. The average molecular weight is 622 g/mol. The predicted molar refractivity (Wildman–Crippen MR) is 173 cm³/mol. The third-order valence-corrected chi connectivity index (χ3v) is 7.21. The van der Waals surface area contributed by atoms with E-state index in [0.717, 1.165) is 5.56 Å². The van der Waals surface area contributed by atoms with E-state index in [1.165, 1.54) is 18.2 Å². The van der Waals surface area contributed by atoms with E-state index >= 15 is 0 Å². The van der Waals surface area contributed by atoms with Crippen molar-refractivity contribution in [2.75, 3.05) is 11.9 Å². The number of aromatic hydroxyl groups is 1. The molecule has 3 atom stereocenters. The van der Waals surface area contributed by atoms with Gasteiger partial charge in [-0.3, -0.25) is 14.4 Å². The molecule has 0 aromatic heterocycles. The molecule has 1 fully saturated rings. The maximum atomic E-state index is 14.1. The van der Waals surface area contributed by atoms with E-state index in [9.17, 15) is 24.3 Å². The van der Waals surface area contributed by atoms with Gasteiger partial charge in [0.25, 0.3) is 0 Å². The van der Waals surface area contributed by atoms with Crippen LogP contribution in [0.2, 0.25) is 0 Å². The first kappa shape index (κ1) is 35.1. The number of benzene rings is 2. The van der Waals surface area contributed by atoms with Gasteiger partial charge in [0.15, 0.2) is 11.5 Å². The van der Waals surface area contributed by atoms with Gasteiger partial charge in [-0.2, -0.15) is 0 Å². The van der Waals surface area contributed by atoms with Crippen molar-refractivity contribution in [2.24, 2.45) is 11.8 Å². The zero-order chi connectivity index (χ0) is 33.1. The number of alkyl carbamates (subject to hydrolysis) is 1. The molecule has 1 heterocycles. The molecule has 0 unspecified atom stereocenters. The number of hydrogen-bond donors (Lipinski definition) is 3. The number of hydrogen-bond acceptors (Lipinski definition) is 7. The molecule has 10 nitrogen and oxygen atoms in total. The van der Waals surface area contributed by atoms with Crippen LogP contribution in [0.1, 0.15) is 72.8 Å². The number of phenolic OH excluding ortho intramolecular Hbond substituents is 1. The number of carbonyl (C=O) groups is 4. The van der Waals surface area contributed by atoms with E-state index in [1.807, 2.05) is 42.5 Å². The number of carbonyl (C=O) groups excluding carboxylic acids is 4. The Morgan fingerprint density at radius 3 is 2.40 bits per heavy atom. The predicted octanol–water partition coefficient (Wildman–Crippen LogP) is 5.99. The van der Waals surface area contributed by atoms with Crippen LogP contribution in [0.4, 0.5) is 10.5 Å². The molecule has 1 aliphatic rings. The summed E-state index contributed by atoms with van der Waals surface area (Å²) in [6, 6.07) is 13.0. The summed E-state index contributed by atoms with van der Waals surface area (Å²) in [5.41, 5.74) is 0.458. The van der Waals surface area contributed by atoms with Crippen molar-refractivity contribution in [3.8, 4) is 11.5 Å². The normalized spacial score (nSPS) is 16.3. The Balaban J connectivity index is 1.85. The van der Waals surface area contributed by atoms with E-state index in [4.69, 9.17) is 9.47 Å². The van der Waals surface area contributed by atoms with Gasteiger partial charge in [0.05, 0.1) is 17.6 Å². The summed E-state index contributed by atoms with van der Waals surface area (Å²) in [6.45, 7) is 11.5. The molecule has 0 radical (unpaired) electrons. The molecule has 244 valence electrons. The van der Waals surface area contributed by atoms with Gasteiger partial charge in [0, 0.05) is 13.0 Å². The van der Waals surface area contributed by atoms with E-state index in [2.05, 4.69) is 24.5 Å². The molecule has 3 rings (SSSR count). The molecule has 1 saturated heterocycles. The second-order valence-electron chi connectivity index (χ2n) is 12.7. The third kappa shape index (κ3) is 11.0. The Kier molecular flexibility index (Phi) is 12.6. The topological polar surface area (TPSA) is 134 Å². The Bertz CT molecular complexity index is 1350. The van der Waals surface area contributed by atoms with Crippen LogP contribution in [-0.4, -0.2) is 58.1 Å². The van der Waals surface area contributed by atoms with Crippen molar-refractivity contribution < 1.29 is 33.8 Å². The first-order valence-corrected chi connectivity index (χ1v) is 15.6. The second kappa shape index (κ2) is 16.1. The number of nitrogens with one attached hydrogen (secondary N) is 2. The fourth-order valence-electron chi connectivity index (χ4n) is 5.17. The lowest BCUT2D eigenvalue weighted by Crippen LogP contribution is -2.46. The molecule has 3 N–H and O–H groups in total. The van der Waals surface area contributed by atoms with Crippen LogP contribution in [0.5, 0.6) is 11.5 Å². The van der Waals surface area contributed by atoms with Crippen molar-refractivity contribution in [1.29, 1.82) is 0 Å². The van der Waals surface area contributed by atoms with Gasteiger partial charge in [-0.1, -0.05) is 69.3 Å². The number of likely N-dealkylation sites (tertiary alicyclic amines) is 1. The number of esters is 1. The largest absolute Gasteiger partial charge is 0.504 e. The van der Waals surface area contributed by atoms with E-state index in [0.29, 0.717) is 32.2 Å². The van der Waals surface area contributed by atoms with Crippen LogP contribution in [0, 0.1) is 11.8 Å². The van der Waals surface area contributed by atoms with Gasteiger partial charge >= 0.3 is 12.1 Å². The molecule has 1 aliphatic heterocycles. The number of para-hydroxylation sites is 1. The summed E-state index contributed by atoms with van der Waals surface area (Å²) >= 11 is 0. The fraction of sp³-hybridized carbons (Fsp3) is 0.486. The maximum Gasteiger partial charge on any atom is 0.408 e. The molecule has 3 amide bonds. The molecule has 10 heteroatoms. The highest BCUT2D eigenvalue weighted by Gasteiger charge is 2.37. The Morgan fingerprint density at radius 2 is 1.76 bits per heavy atom. The molecule has 45 heavy (non-hydrogen) atoms. The molecule has 0 aliphatic carbocycles. The Labute approximate surface area is 266 Å². The summed E-state index contributed by atoms with van der Waals surface area (Å²) in [5, 5.41) is 16.0. The summed E-state index contributed by atoms with van der Waals surface area (Å²) < 4.78 is 10.7. The summed E-state index contributed by atoms with van der Waals surface area (Å²) in [6.07, 6.45) is 5.38. The van der Waals surface area contributed by atoms with E-state index in [-0.39, 0.29) is 41.5 Å². The van der Waals surface area contributed by atoms with Crippen LogP contribution >= 0.6 is 0 Å². The molecular weight excluding hydrogens is 574 g/mol. The Hall–Kier alpha value is -4.34. The summed E-state index contributed by atoms with van der Waals surface area (Å²) in [7, 11) is 0. The molecule has 2 aromatic rings. The van der Waals surface area contributed by atoms with E-state index in [1.54, 1.807) is 32.6 Å². The average Bonchev–Trinajstić information content (AvgIpc) is 3.46. The first-order chi connectivity index (χ1) is 21.3. The number of nitrogens with zero attached hydrogens (tertiary/aromatic N) is 1. The van der Waals surface area contributed by atoms with Crippen LogP contribution in [0.25, 0.3) is 0 Å². The Morgan fingerprint density at radius 1 is 1.04 bits per heavy atom. The highest BCUT2D eigenvalue weighted by Crippen LogP contribution is 2.35. The van der Waals surface area contributed by atoms with Crippen molar-refractivity contribution in [3.63, 3.8) is 0 Å². The minimum atomic E-state index is -0.757. The monoisotopic (exact) mass is 621 g/mol. The van der Waals surface area contributed by atoms with Crippen LogP contribution in [-0.2, 0) is 25.5 Å². The molecule has 2 aromatic carbocycles. The van der Waals surface area contributed by atoms with Crippen LogP contribution in [0.3, 0.4) is 0 Å². The lowest BCUT2D eigenvalue weighted by atomic mass is 9.95. The molecule has 0 bridgehead atoms. The minimum Gasteiger partial charge on any atom is -0.504 e. The fourth-order valence-corrected chi connectivity index (χ4v) is 5.17. The van der Waals surface area contributed by atoms with Gasteiger partial charge in [-0.25, -0.2) is 4.79 Å². The lowest BCUT2D eigenvalue weighted by molar-refractivity contribution is -0.138. The van der Waals surface area contributed by atoms with Gasteiger partial charge in [-0.05, 0) is 70.1 Å². The number of amides is 3. The summed E-state index contributed by atoms with van der Waals surface area (Å²) in [5.74, 6) is -1.95. The van der Waals surface area contributed by atoms with Gasteiger partial charge in [0.2, 0.25) is 11.8 Å². The van der Waals surface area contributed by atoms with Crippen molar-refractivity contribution in [3.05, 3.63) is 66.2 Å². The molecule has 0 saturated carbocycles. The SMILES string of the molecule is CCC(=O)Oc1c(O)cccc1NC(=O)[C@@H]1CCCN1C(=O)[C@H](/C=C/[C@H](CC(C)C)NC(=O)OC(C)(C)C)Cc1ccccc1. The second-order valence-corrected chi connectivity index (χ2v) is 12.7. The number of rotatable bonds is 12. The van der Waals surface area contributed by atoms with Gasteiger partial charge in [0.1, 0.15) is 11.6 Å². The van der Waals surface area contributed by atoms with E-state index < -0.39 is 35.5 Å². The van der Waals surface area contributed by atoms with Crippen LogP contribution in [0.15, 0.2) is 60.7 Å². The zero-order valence-corrected chi connectivity index (χ0v) is 27.2. The van der Waals surface area contributed by atoms with Crippen molar-refractivity contribution in [1.82, 2.24) is 10.2 Å². The van der Waals surface area contributed by atoms with Crippen molar-refractivity contribution >= 4 is 29.6 Å². The standard InChI is InChI=1S/C35H47N3O7/c1-7-30(40)44-31-27(15-11-17-29(31)39)37-32(41)28-16-12-20-38(28)33(42)25(22-24-13-9-8-10-14-24)18-19-26(21-23(2)3)36-34(43)45-35(4,5)6/h8-11,13-15,17-19,23,25-26,28,39H,7,12,16,20-22H2,1-6H3,(H,36,43)(H,37,41)/b19-18+/t25-,26-,28+/m1/s1.